The van der Waals surface area contributed by atoms with Gasteiger partial charge in [0, 0.05) is 0 Å². The summed E-state index contributed by atoms with van der Waals surface area (Å²) in [5.41, 5.74) is 4.72. The van der Waals surface area contributed by atoms with Gasteiger partial charge in [-0.3, -0.25) is 0 Å². The highest BCUT2D eigenvalue weighted by Gasteiger charge is 2.16. The first kappa shape index (κ1) is 11.1. The molecule has 3 rings (SSSR count). The van der Waals surface area contributed by atoms with Gasteiger partial charge in [0.15, 0.2) is 11.5 Å². The molecule has 2 nitrogen and oxygen atoms in total. The maximum absolute atomic E-state index is 5.96. The van der Waals surface area contributed by atoms with Crippen molar-refractivity contribution in [2.75, 3.05) is 5.32 Å². The fourth-order valence-corrected chi connectivity index (χ4v) is 2.22. The minimum atomic E-state index is 0.910. The molecule has 0 atom stereocenters. The molecule has 0 aliphatic carbocycles. The first-order valence-corrected chi connectivity index (χ1v) is 6.51. The molecule has 2 heteroatoms. The lowest BCUT2D eigenvalue weighted by molar-refractivity contribution is 0.480. The predicted molar refractivity (Wildman–Crippen MR) is 75.0 cm³/mol. The van der Waals surface area contributed by atoms with E-state index in [-0.39, 0.29) is 0 Å². The lowest BCUT2D eigenvalue weighted by Crippen LogP contribution is -2.03. The number of hydrogen-bond donors (Lipinski definition) is 1. The summed E-state index contributed by atoms with van der Waals surface area (Å²) in [4.78, 5) is 0. The first-order valence-electron chi connectivity index (χ1n) is 6.51. The van der Waals surface area contributed by atoms with Gasteiger partial charge in [-0.25, -0.2) is 0 Å². The number of rotatable bonds is 2. The summed E-state index contributed by atoms with van der Waals surface area (Å²) in [5.74, 6) is 1.83. The summed E-state index contributed by atoms with van der Waals surface area (Å²) in [5, 5.41) is 3.44. The zero-order chi connectivity index (χ0) is 12.5. The van der Waals surface area contributed by atoms with Crippen molar-refractivity contribution in [2.24, 2.45) is 0 Å². The molecule has 2 aromatic carbocycles. The van der Waals surface area contributed by atoms with Crippen molar-refractivity contribution < 1.29 is 4.74 Å². The lowest BCUT2D eigenvalue weighted by Gasteiger charge is -2.22. The van der Waals surface area contributed by atoms with Crippen molar-refractivity contribution >= 4 is 11.4 Å². The Kier molecular flexibility index (Phi) is 2.71. The Morgan fingerprint density at radius 2 is 1.56 bits per heavy atom. The van der Waals surface area contributed by atoms with Gasteiger partial charge >= 0.3 is 0 Å². The van der Waals surface area contributed by atoms with Crippen molar-refractivity contribution in [3.8, 4) is 11.5 Å². The average Bonchev–Trinajstić information content (AvgIpc) is 2.43. The molecule has 0 aromatic heterocycles. The second kappa shape index (κ2) is 4.37. The zero-order valence-electron chi connectivity index (χ0n) is 10.8. The number of ether oxygens (including phenoxy) is 1. The second-order valence-corrected chi connectivity index (χ2v) is 4.60. The average molecular weight is 239 g/mol. The van der Waals surface area contributed by atoms with Gasteiger partial charge in [-0.1, -0.05) is 26.0 Å². The van der Waals surface area contributed by atoms with E-state index in [1.807, 2.05) is 6.07 Å². The number of fused-ring (bicyclic) bond motifs is 2. The van der Waals surface area contributed by atoms with Crippen LogP contribution in [0.5, 0.6) is 11.5 Å². The normalized spacial score (nSPS) is 12.1. The van der Waals surface area contributed by atoms with Crippen molar-refractivity contribution in [1.29, 1.82) is 0 Å². The van der Waals surface area contributed by atoms with E-state index >= 15 is 0 Å². The summed E-state index contributed by atoms with van der Waals surface area (Å²) in [7, 11) is 0. The minimum absolute atomic E-state index is 0.910. The largest absolute Gasteiger partial charge is 0.453 e. The molecule has 2 aromatic rings. The Hall–Kier alpha value is -1.96. The Bertz CT molecular complexity index is 536. The summed E-state index contributed by atoms with van der Waals surface area (Å²) >= 11 is 0. The molecule has 0 bridgehead atoms. The predicted octanol–water partition coefficient (Wildman–Crippen LogP) is 4.66. The van der Waals surface area contributed by atoms with Crippen LogP contribution in [0.15, 0.2) is 36.4 Å². The van der Waals surface area contributed by atoms with Crippen molar-refractivity contribution in [3.63, 3.8) is 0 Å². The van der Waals surface area contributed by atoms with Crippen LogP contribution in [0.25, 0.3) is 0 Å². The van der Waals surface area contributed by atoms with E-state index in [4.69, 9.17) is 4.74 Å². The topological polar surface area (TPSA) is 21.3 Å². The summed E-state index contributed by atoms with van der Waals surface area (Å²) in [6.45, 7) is 4.31. The van der Waals surface area contributed by atoms with E-state index < -0.39 is 0 Å². The fraction of sp³-hybridized carbons (Fsp3) is 0.250. The van der Waals surface area contributed by atoms with Crippen LogP contribution < -0.4 is 10.1 Å². The second-order valence-electron chi connectivity index (χ2n) is 4.60. The molecule has 0 spiro atoms. The van der Waals surface area contributed by atoms with Crippen LogP contribution in [0.1, 0.15) is 25.0 Å². The summed E-state index contributed by atoms with van der Waals surface area (Å²) in [6, 6.07) is 12.7. The monoisotopic (exact) mass is 239 g/mol. The van der Waals surface area contributed by atoms with Crippen LogP contribution in [0.4, 0.5) is 11.4 Å². The van der Waals surface area contributed by atoms with E-state index in [0.29, 0.717) is 0 Å². The Balaban J connectivity index is 2.00. The molecule has 0 fully saturated rings. The molecular weight excluding hydrogens is 222 g/mol. The van der Waals surface area contributed by atoms with Gasteiger partial charge in [0.1, 0.15) is 0 Å². The van der Waals surface area contributed by atoms with E-state index in [1.54, 1.807) is 0 Å². The molecular formula is C16H17NO. The Labute approximate surface area is 108 Å². The molecule has 18 heavy (non-hydrogen) atoms. The van der Waals surface area contributed by atoms with Crippen molar-refractivity contribution in [2.45, 2.75) is 26.7 Å². The number of benzene rings is 2. The van der Waals surface area contributed by atoms with Crippen LogP contribution in [0.3, 0.4) is 0 Å². The van der Waals surface area contributed by atoms with Gasteiger partial charge in [-0.15, -0.1) is 0 Å². The fourth-order valence-electron chi connectivity index (χ4n) is 2.22. The Morgan fingerprint density at radius 1 is 0.833 bits per heavy atom. The molecule has 1 N–H and O–H groups in total. The lowest BCUT2D eigenvalue weighted by atomic mass is 10.1. The highest BCUT2D eigenvalue weighted by molar-refractivity contribution is 5.76. The smallest absolute Gasteiger partial charge is 0.151 e. The van der Waals surface area contributed by atoms with Crippen LogP contribution in [0, 0.1) is 0 Å². The third-order valence-electron chi connectivity index (χ3n) is 3.40. The van der Waals surface area contributed by atoms with Crippen LogP contribution >= 0.6 is 0 Å². The molecule has 0 unspecified atom stereocenters. The maximum atomic E-state index is 5.96. The standard InChI is InChI=1S/C16H17NO/c1-3-11-6-8-15-14(9-11)17-13-7-5-12(4-2)10-16(13)18-15/h5-10,17H,3-4H2,1-2H3. The molecule has 1 aliphatic rings. The quantitative estimate of drug-likeness (QED) is 0.702. The SMILES string of the molecule is CCc1ccc2c(c1)Nc1ccc(CC)cc1O2. The number of nitrogens with one attached hydrogen (secondary N) is 1. The van der Waals surface area contributed by atoms with Crippen molar-refractivity contribution in [1.82, 2.24) is 0 Å². The van der Waals surface area contributed by atoms with Crippen LogP contribution in [-0.2, 0) is 12.8 Å². The van der Waals surface area contributed by atoms with Gasteiger partial charge in [-0.2, -0.15) is 0 Å². The molecule has 0 saturated carbocycles. The van der Waals surface area contributed by atoms with Gasteiger partial charge in [-0.05, 0) is 48.2 Å². The van der Waals surface area contributed by atoms with Crippen LogP contribution in [0.2, 0.25) is 0 Å². The number of hydrogen-bond acceptors (Lipinski definition) is 2. The van der Waals surface area contributed by atoms with E-state index in [9.17, 15) is 0 Å². The maximum Gasteiger partial charge on any atom is 0.151 e. The molecule has 1 aliphatic heterocycles. The highest BCUT2D eigenvalue weighted by Crippen LogP contribution is 2.42. The van der Waals surface area contributed by atoms with Gasteiger partial charge in [0.2, 0.25) is 0 Å². The number of anilines is 2. The van der Waals surface area contributed by atoms with E-state index in [0.717, 1.165) is 35.7 Å². The van der Waals surface area contributed by atoms with Gasteiger partial charge in [0.25, 0.3) is 0 Å². The zero-order valence-corrected chi connectivity index (χ0v) is 10.8. The molecule has 92 valence electrons. The number of aryl methyl sites for hydroxylation is 2. The minimum Gasteiger partial charge on any atom is -0.453 e. The highest BCUT2D eigenvalue weighted by atomic mass is 16.5. The molecule has 0 radical (unpaired) electrons. The third kappa shape index (κ3) is 1.84. The Morgan fingerprint density at radius 3 is 2.33 bits per heavy atom. The molecule has 1 heterocycles. The molecule has 0 amide bonds. The first-order chi connectivity index (χ1) is 8.80. The van der Waals surface area contributed by atoms with E-state index in [1.165, 1.54) is 11.1 Å². The van der Waals surface area contributed by atoms with Gasteiger partial charge < -0.3 is 10.1 Å². The van der Waals surface area contributed by atoms with Crippen molar-refractivity contribution in [3.05, 3.63) is 47.5 Å². The molecule has 0 saturated heterocycles. The summed E-state index contributed by atoms with van der Waals surface area (Å²) in [6.07, 6.45) is 2.06. The summed E-state index contributed by atoms with van der Waals surface area (Å²) < 4.78 is 5.96. The van der Waals surface area contributed by atoms with Crippen LogP contribution in [-0.4, -0.2) is 0 Å². The third-order valence-corrected chi connectivity index (χ3v) is 3.40. The van der Waals surface area contributed by atoms with Gasteiger partial charge in [0.05, 0.1) is 11.4 Å². The van der Waals surface area contributed by atoms with E-state index in [2.05, 4.69) is 49.5 Å².